The molecule has 0 spiro atoms. The van der Waals surface area contributed by atoms with Crippen molar-refractivity contribution in [3.8, 4) is 0 Å². The zero-order valence-corrected chi connectivity index (χ0v) is 13.8. The number of amides is 2. The molecule has 1 saturated carbocycles. The van der Waals surface area contributed by atoms with Crippen molar-refractivity contribution in [1.29, 1.82) is 0 Å². The number of hydrogen-bond donors (Lipinski definition) is 3. The summed E-state index contributed by atoms with van der Waals surface area (Å²) in [6, 6.07) is 7.47. The average Bonchev–Trinajstić information content (AvgIpc) is 2.98. The van der Waals surface area contributed by atoms with E-state index in [9.17, 15) is 14.7 Å². The molecule has 1 aliphatic rings. The van der Waals surface area contributed by atoms with Crippen molar-refractivity contribution >= 4 is 17.5 Å². The van der Waals surface area contributed by atoms with E-state index in [4.69, 9.17) is 0 Å². The van der Waals surface area contributed by atoms with E-state index in [1.54, 1.807) is 0 Å². The van der Waals surface area contributed by atoms with Gasteiger partial charge in [-0.25, -0.2) is 0 Å². The topological polar surface area (TPSA) is 78.4 Å². The maximum Gasteiger partial charge on any atom is 0.227 e. The number of hydrogen-bond acceptors (Lipinski definition) is 3. The summed E-state index contributed by atoms with van der Waals surface area (Å²) >= 11 is 0. The molecule has 1 aromatic rings. The van der Waals surface area contributed by atoms with E-state index in [2.05, 4.69) is 10.6 Å². The van der Waals surface area contributed by atoms with E-state index in [-0.39, 0.29) is 23.7 Å². The molecule has 0 aromatic heterocycles. The van der Waals surface area contributed by atoms with Crippen LogP contribution in [-0.2, 0) is 16.1 Å². The second-order valence-corrected chi connectivity index (χ2v) is 6.32. The zero-order valence-electron chi connectivity index (χ0n) is 13.8. The van der Waals surface area contributed by atoms with Gasteiger partial charge in [-0.2, -0.15) is 0 Å². The number of aliphatic hydroxyl groups is 1. The molecule has 2 rings (SSSR count). The van der Waals surface area contributed by atoms with Crippen LogP contribution in [-0.4, -0.2) is 23.0 Å². The van der Waals surface area contributed by atoms with Gasteiger partial charge < -0.3 is 15.7 Å². The summed E-state index contributed by atoms with van der Waals surface area (Å²) in [7, 11) is 0. The van der Waals surface area contributed by atoms with E-state index < -0.39 is 6.10 Å². The van der Waals surface area contributed by atoms with E-state index in [0.717, 1.165) is 30.5 Å². The summed E-state index contributed by atoms with van der Waals surface area (Å²) in [5.74, 6) is -0.405. The molecule has 0 heterocycles. The lowest BCUT2D eigenvalue weighted by molar-refractivity contribution is -0.127. The second kappa shape index (κ2) is 8.11. The van der Waals surface area contributed by atoms with Gasteiger partial charge in [0, 0.05) is 18.2 Å². The van der Waals surface area contributed by atoms with Crippen molar-refractivity contribution in [2.24, 2.45) is 11.8 Å². The molecule has 3 N–H and O–H groups in total. The Morgan fingerprint density at radius 2 is 2.13 bits per heavy atom. The molecule has 0 bridgehead atoms. The van der Waals surface area contributed by atoms with Crippen LogP contribution in [0.3, 0.4) is 0 Å². The third-order valence-corrected chi connectivity index (χ3v) is 4.54. The maximum absolute atomic E-state index is 12.1. The molecule has 5 heteroatoms. The highest BCUT2D eigenvalue weighted by Crippen LogP contribution is 2.25. The summed E-state index contributed by atoms with van der Waals surface area (Å²) in [5.41, 5.74) is 1.66. The van der Waals surface area contributed by atoms with Crippen molar-refractivity contribution in [2.75, 3.05) is 5.32 Å². The zero-order chi connectivity index (χ0) is 16.8. The highest BCUT2D eigenvalue weighted by Gasteiger charge is 2.31. The van der Waals surface area contributed by atoms with Crippen LogP contribution < -0.4 is 10.6 Å². The van der Waals surface area contributed by atoms with Crippen molar-refractivity contribution in [2.45, 2.75) is 52.2 Å². The fourth-order valence-electron chi connectivity index (χ4n) is 2.78. The fourth-order valence-corrected chi connectivity index (χ4v) is 2.78. The molecule has 2 amide bonds. The maximum atomic E-state index is 12.1. The first-order valence-corrected chi connectivity index (χ1v) is 8.36. The van der Waals surface area contributed by atoms with Crippen molar-refractivity contribution in [1.82, 2.24) is 5.32 Å². The summed E-state index contributed by atoms with van der Waals surface area (Å²) in [4.78, 5) is 24.0. The Kier molecular flexibility index (Phi) is 6.16. The van der Waals surface area contributed by atoms with E-state index in [1.165, 1.54) is 0 Å². The molecular formula is C18H26N2O3. The van der Waals surface area contributed by atoms with Crippen LogP contribution in [0.4, 0.5) is 5.69 Å². The SMILES string of the molecule is CCC(C)C(=O)Nc1cccc(CNC(=O)C2CCCC2O)c1. The van der Waals surface area contributed by atoms with Crippen LogP contribution in [0.1, 0.15) is 45.1 Å². The van der Waals surface area contributed by atoms with Crippen molar-refractivity contribution < 1.29 is 14.7 Å². The van der Waals surface area contributed by atoms with Crippen LogP contribution in [0.5, 0.6) is 0 Å². The van der Waals surface area contributed by atoms with Gasteiger partial charge in [0.1, 0.15) is 0 Å². The van der Waals surface area contributed by atoms with Crippen LogP contribution in [0, 0.1) is 11.8 Å². The van der Waals surface area contributed by atoms with Gasteiger partial charge in [-0.3, -0.25) is 9.59 Å². The molecule has 0 aliphatic heterocycles. The van der Waals surface area contributed by atoms with Gasteiger partial charge in [-0.1, -0.05) is 26.0 Å². The number of anilines is 1. The molecule has 3 atom stereocenters. The van der Waals surface area contributed by atoms with Crippen molar-refractivity contribution in [3.05, 3.63) is 29.8 Å². The minimum atomic E-state index is -0.517. The van der Waals surface area contributed by atoms with E-state index in [0.29, 0.717) is 13.0 Å². The molecule has 0 radical (unpaired) electrons. The Morgan fingerprint density at radius 1 is 1.35 bits per heavy atom. The Labute approximate surface area is 137 Å². The molecule has 3 unspecified atom stereocenters. The number of carbonyl (C=O) groups is 2. The standard InChI is InChI=1S/C18H26N2O3/c1-3-12(2)17(22)20-14-7-4-6-13(10-14)11-19-18(23)15-8-5-9-16(15)21/h4,6-7,10,12,15-16,21H,3,5,8-9,11H2,1-2H3,(H,19,23)(H,20,22). The lowest BCUT2D eigenvalue weighted by Gasteiger charge is -2.15. The number of aliphatic hydroxyl groups excluding tert-OH is 1. The van der Waals surface area contributed by atoms with Crippen LogP contribution in [0.25, 0.3) is 0 Å². The summed E-state index contributed by atoms with van der Waals surface area (Å²) in [6.45, 7) is 4.27. The number of carbonyl (C=O) groups excluding carboxylic acids is 2. The minimum absolute atomic E-state index is 0.00256. The van der Waals surface area contributed by atoms with Crippen LogP contribution in [0.15, 0.2) is 24.3 Å². The van der Waals surface area contributed by atoms with Gasteiger partial charge >= 0.3 is 0 Å². The predicted octanol–water partition coefficient (Wildman–Crippen LogP) is 2.45. The molecule has 23 heavy (non-hydrogen) atoms. The third-order valence-electron chi connectivity index (χ3n) is 4.54. The van der Waals surface area contributed by atoms with Crippen LogP contribution in [0.2, 0.25) is 0 Å². The largest absolute Gasteiger partial charge is 0.392 e. The average molecular weight is 318 g/mol. The fraction of sp³-hybridized carbons (Fsp3) is 0.556. The predicted molar refractivity (Wildman–Crippen MR) is 89.7 cm³/mol. The van der Waals surface area contributed by atoms with Gasteiger partial charge in [0.2, 0.25) is 11.8 Å². The first-order valence-electron chi connectivity index (χ1n) is 8.36. The van der Waals surface area contributed by atoms with E-state index >= 15 is 0 Å². The number of nitrogens with one attached hydrogen (secondary N) is 2. The first-order chi connectivity index (χ1) is 11.0. The first kappa shape index (κ1) is 17.5. The van der Waals surface area contributed by atoms with Gasteiger partial charge in [0.15, 0.2) is 0 Å². The second-order valence-electron chi connectivity index (χ2n) is 6.32. The highest BCUT2D eigenvalue weighted by molar-refractivity contribution is 5.92. The highest BCUT2D eigenvalue weighted by atomic mass is 16.3. The molecule has 126 valence electrons. The summed E-state index contributed by atoms with van der Waals surface area (Å²) in [6.07, 6.45) is 2.63. The smallest absolute Gasteiger partial charge is 0.227 e. The van der Waals surface area contributed by atoms with Gasteiger partial charge in [-0.15, -0.1) is 0 Å². The Bertz CT molecular complexity index is 559. The third kappa shape index (κ3) is 4.79. The molecule has 5 nitrogen and oxygen atoms in total. The molecule has 0 saturated heterocycles. The quantitative estimate of drug-likeness (QED) is 0.754. The number of rotatable bonds is 6. The Morgan fingerprint density at radius 3 is 2.78 bits per heavy atom. The minimum Gasteiger partial charge on any atom is -0.392 e. The Balaban J connectivity index is 1.90. The lowest BCUT2D eigenvalue weighted by Crippen LogP contribution is -2.34. The van der Waals surface area contributed by atoms with Crippen LogP contribution >= 0.6 is 0 Å². The lowest BCUT2D eigenvalue weighted by atomic mass is 10.1. The summed E-state index contributed by atoms with van der Waals surface area (Å²) in [5, 5.41) is 15.5. The molecule has 1 fully saturated rings. The molecular weight excluding hydrogens is 292 g/mol. The normalized spacial score (nSPS) is 21.7. The number of benzene rings is 1. The molecule has 1 aromatic carbocycles. The van der Waals surface area contributed by atoms with Gasteiger partial charge in [0.05, 0.1) is 12.0 Å². The van der Waals surface area contributed by atoms with Crippen molar-refractivity contribution in [3.63, 3.8) is 0 Å². The summed E-state index contributed by atoms with van der Waals surface area (Å²) < 4.78 is 0. The molecule has 1 aliphatic carbocycles. The van der Waals surface area contributed by atoms with E-state index in [1.807, 2.05) is 38.1 Å². The van der Waals surface area contributed by atoms with Gasteiger partial charge in [0.25, 0.3) is 0 Å². The van der Waals surface area contributed by atoms with Gasteiger partial charge in [-0.05, 0) is 43.4 Å². The Hall–Kier alpha value is -1.88. The monoisotopic (exact) mass is 318 g/mol.